The fourth-order valence-electron chi connectivity index (χ4n) is 2.93. The molecular weight excluding hydrogens is 369 g/mol. The first-order chi connectivity index (χ1) is 13.3. The lowest BCUT2D eigenvalue weighted by Gasteiger charge is -2.14. The molecule has 0 spiro atoms. The summed E-state index contributed by atoms with van der Waals surface area (Å²) >= 11 is 0. The second kappa shape index (κ2) is 8.03. The minimum Gasteiger partial charge on any atom is -0.407 e. The van der Waals surface area contributed by atoms with Gasteiger partial charge in [0, 0.05) is 19.0 Å². The Kier molecular flexibility index (Phi) is 5.53. The van der Waals surface area contributed by atoms with E-state index in [-0.39, 0.29) is 42.0 Å². The Hall–Kier alpha value is -3.49. The monoisotopic (exact) mass is 387 g/mol. The molecule has 8 nitrogen and oxygen atoms in total. The molecule has 0 aliphatic heterocycles. The van der Waals surface area contributed by atoms with Crippen LogP contribution < -0.4 is 11.1 Å². The highest BCUT2D eigenvalue weighted by Crippen LogP contribution is 2.20. The number of hydrogen-bond donors (Lipinski definition) is 1. The Morgan fingerprint density at radius 2 is 2.00 bits per heavy atom. The summed E-state index contributed by atoms with van der Waals surface area (Å²) in [6.07, 6.45) is 0.561. The van der Waals surface area contributed by atoms with Crippen molar-refractivity contribution in [2.24, 2.45) is 0 Å². The highest BCUT2D eigenvalue weighted by Gasteiger charge is 2.15. The molecule has 9 heteroatoms. The molecule has 28 heavy (non-hydrogen) atoms. The molecule has 3 rings (SSSR count). The van der Waals surface area contributed by atoms with Crippen molar-refractivity contribution < 1.29 is 18.5 Å². The van der Waals surface area contributed by atoms with Crippen molar-refractivity contribution in [2.75, 3.05) is 0 Å². The van der Waals surface area contributed by atoms with Crippen molar-refractivity contribution in [1.29, 1.82) is 0 Å². The Labute approximate surface area is 158 Å². The number of nitrogens with zero attached hydrogens (tertiary/aromatic N) is 2. The van der Waals surface area contributed by atoms with E-state index in [4.69, 9.17) is 4.42 Å². The molecule has 1 unspecified atom stereocenters. The van der Waals surface area contributed by atoms with Crippen LogP contribution in [0.2, 0.25) is 0 Å². The molecule has 146 valence electrons. The summed E-state index contributed by atoms with van der Waals surface area (Å²) in [4.78, 5) is 34.3. The number of oxazole rings is 1. The molecule has 0 saturated heterocycles. The molecule has 1 heterocycles. The molecule has 1 amide bonds. The molecule has 0 radical (unpaired) electrons. The van der Waals surface area contributed by atoms with Gasteiger partial charge < -0.3 is 9.73 Å². The number of carbonyl (C=O) groups excluding carboxylic acids is 1. The van der Waals surface area contributed by atoms with Gasteiger partial charge in [-0.3, -0.25) is 19.5 Å². The van der Waals surface area contributed by atoms with E-state index in [0.29, 0.717) is 11.9 Å². The van der Waals surface area contributed by atoms with Crippen molar-refractivity contribution in [3.05, 3.63) is 74.5 Å². The lowest BCUT2D eigenvalue weighted by Crippen LogP contribution is -2.27. The van der Waals surface area contributed by atoms with Crippen molar-refractivity contribution >= 4 is 22.7 Å². The smallest absolute Gasteiger partial charge is 0.407 e. The third kappa shape index (κ3) is 4.25. The van der Waals surface area contributed by atoms with Crippen LogP contribution >= 0.6 is 0 Å². The number of nitro groups is 1. The van der Waals surface area contributed by atoms with E-state index in [0.717, 1.165) is 5.56 Å². The summed E-state index contributed by atoms with van der Waals surface area (Å²) in [5.41, 5.74) is 1.19. The number of nitro benzene ring substituents is 1. The topological polar surface area (TPSA) is 107 Å². The summed E-state index contributed by atoms with van der Waals surface area (Å²) in [6, 6.07) is 9.56. The van der Waals surface area contributed by atoms with E-state index in [2.05, 4.69) is 5.32 Å². The predicted molar refractivity (Wildman–Crippen MR) is 99.3 cm³/mol. The van der Waals surface area contributed by atoms with Crippen molar-refractivity contribution in [1.82, 2.24) is 9.88 Å². The summed E-state index contributed by atoms with van der Waals surface area (Å²) < 4.78 is 19.4. The Bertz CT molecular complexity index is 1070. The maximum absolute atomic E-state index is 13.0. The van der Waals surface area contributed by atoms with E-state index < -0.39 is 10.7 Å². The quantitative estimate of drug-likeness (QED) is 0.494. The second-order valence-corrected chi connectivity index (χ2v) is 6.37. The SMILES string of the molecule is CC(NC(=O)CCCn1c(=O)oc2cc([N+](=O)[O-])ccc21)c1ccc(F)cc1. The minimum absolute atomic E-state index is 0.133. The number of fused-ring (bicyclic) bond motifs is 1. The molecule has 0 fully saturated rings. The minimum atomic E-state index is -0.629. The zero-order valence-corrected chi connectivity index (χ0v) is 15.1. The third-order valence-corrected chi connectivity index (χ3v) is 4.40. The lowest BCUT2D eigenvalue weighted by atomic mass is 10.1. The molecular formula is C19H18FN3O5. The first-order valence-corrected chi connectivity index (χ1v) is 8.68. The average molecular weight is 387 g/mol. The van der Waals surface area contributed by atoms with Crippen LogP contribution in [0.3, 0.4) is 0 Å². The molecule has 0 bridgehead atoms. The zero-order chi connectivity index (χ0) is 20.3. The Balaban J connectivity index is 1.59. The van der Waals surface area contributed by atoms with Crippen LogP contribution in [0.4, 0.5) is 10.1 Å². The maximum Gasteiger partial charge on any atom is 0.419 e. The van der Waals surface area contributed by atoms with Gasteiger partial charge in [-0.1, -0.05) is 12.1 Å². The molecule has 1 N–H and O–H groups in total. The Morgan fingerprint density at radius 3 is 2.68 bits per heavy atom. The standard InChI is InChI=1S/C19H18FN3O5/c1-12(13-4-6-14(20)7-5-13)21-18(24)3-2-10-22-16-9-8-15(23(26)27)11-17(16)28-19(22)25/h4-9,11-12H,2-3,10H2,1H3,(H,21,24). The molecule has 0 saturated carbocycles. The van der Waals surface area contributed by atoms with Crippen LogP contribution in [-0.2, 0) is 11.3 Å². The first-order valence-electron chi connectivity index (χ1n) is 8.68. The fraction of sp³-hybridized carbons (Fsp3) is 0.263. The van der Waals surface area contributed by atoms with Gasteiger partial charge in [0.05, 0.1) is 22.5 Å². The largest absolute Gasteiger partial charge is 0.419 e. The maximum atomic E-state index is 13.0. The van der Waals surface area contributed by atoms with Crippen LogP contribution in [0.5, 0.6) is 0 Å². The molecule has 2 aromatic carbocycles. The molecule has 3 aromatic rings. The van der Waals surface area contributed by atoms with Gasteiger partial charge in [-0.15, -0.1) is 0 Å². The number of rotatable bonds is 7. The normalized spacial score (nSPS) is 12.1. The predicted octanol–water partition coefficient (Wildman–Crippen LogP) is 3.30. The average Bonchev–Trinajstić information content (AvgIpc) is 2.96. The fourth-order valence-corrected chi connectivity index (χ4v) is 2.93. The van der Waals surface area contributed by atoms with E-state index in [1.807, 2.05) is 0 Å². The number of non-ortho nitro benzene ring substituents is 1. The summed E-state index contributed by atoms with van der Waals surface area (Å²) in [5, 5.41) is 13.6. The number of carbonyl (C=O) groups is 1. The summed E-state index contributed by atoms with van der Waals surface area (Å²) in [5.74, 6) is -1.17. The first kappa shape index (κ1) is 19.3. The number of benzene rings is 2. The van der Waals surface area contributed by atoms with Gasteiger partial charge in [-0.05, 0) is 37.1 Å². The summed E-state index contributed by atoms with van der Waals surface area (Å²) in [7, 11) is 0. The van der Waals surface area contributed by atoms with Gasteiger partial charge >= 0.3 is 5.76 Å². The van der Waals surface area contributed by atoms with Crippen LogP contribution in [0.1, 0.15) is 31.4 Å². The van der Waals surface area contributed by atoms with E-state index in [1.165, 1.54) is 34.9 Å². The highest BCUT2D eigenvalue weighted by molar-refractivity contribution is 5.77. The number of halogens is 1. The molecule has 1 aromatic heterocycles. The van der Waals surface area contributed by atoms with Crippen molar-refractivity contribution in [2.45, 2.75) is 32.4 Å². The van der Waals surface area contributed by atoms with Gasteiger partial charge in [-0.2, -0.15) is 0 Å². The number of amides is 1. The molecule has 0 aliphatic carbocycles. The molecule has 0 aliphatic rings. The van der Waals surface area contributed by atoms with Gasteiger partial charge in [0.2, 0.25) is 5.91 Å². The van der Waals surface area contributed by atoms with Gasteiger partial charge in [0.15, 0.2) is 5.58 Å². The highest BCUT2D eigenvalue weighted by atomic mass is 19.1. The van der Waals surface area contributed by atoms with Gasteiger partial charge in [0.25, 0.3) is 5.69 Å². The van der Waals surface area contributed by atoms with Crippen LogP contribution in [-0.4, -0.2) is 15.4 Å². The van der Waals surface area contributed by atoms with Gasteiger partial charge in [-0.25, -0.2) is 9.18 Å². The van der Waals surface area contributed by atoms with Crippen LogP contribution in [0, 0.1) is 15.9 Å². The van der Waals surface area contributed by atoms with Crippen molar-refractivity contribution in [3.8, 4) is 0 Å². The van der Waals surface area contributed by atoms with Gasteiger partial charge in [0.1, 0.15) is 5.82 Å². The third-order valence-electron chi connectivity index (χ3n) is 4.40. The number of hydrogen-bond acceptors (Lipinski definition) is 5. The lowest BCUT2D eigenvalue weighted by molar-refractivity contribution is -0.384. The van der Waals surface area contributed by atoms with Crippen LogP contribution in [0.25, 0.3) is 11.1 Å². The Morgan fingerprint density at radius 1 is 1.29 bits per heavy atom. The number of nitrogens with one attached hydrogen (secondary N) is 1. The van der Waals surface area contributed by atoms with E-state index in [1.54, 1.807) is 19.1 Å². The van der Waals surface area contributed by atoms with E-state index >= 15 is 0 Å². The zero-order valence-electron chi connectivity index (χ0n) is 15.1. The summed E-state index contributed by atoms with van der Waals surface area (Å²) in [6.45, 7) is 2.04. The van der Waals surface area contributed by atoms with Crippen LogP contribution in [0.15, 0.2) is 51.7 Å². The van der Waals surface area contributed by atoms with E-state index in [9.17, 15) is 24.1 Å². The number of aromatic nitrogens is 1. The number of aryl methyl sites for hydroxylation is 1. The second-order valence-electron chi connectivity index (χ2n) is 6.37. The van der Waals surface area contributed by atoms with Crippen molar-refractivity contribution in [3.63, 3.8) is 0 Å². The molecule has 1 atom stereocenters.